The number of carbonyl (C=O) groups is 1. The predicted octanol–water partition coefficient (Wildman–Crippen LogP) is 2.52. The van der Waals surface area contributed by atoms with Crippen molar-refractivity contribution in [2.75, 3.05) is 5.32 Å². The van der Waals surface area contributed by atoms with Gasteiger partial charge in [-0.2, -0.15) is 10.1 Å². The van der Waals surface area contributed by atoms with E-state index in [4.69, 9.17) is 27.9 Å². The molecule has 19 heavy (non-hydrogen) atoms. The molecule has 0 saturated carbocycles. The number of benzene rings is 1. The first kappa shape index (κ1) is 13.6. The topological polar surface area (TPSA) is 79.9 Å². The van der Waals surface area contributed by atoms with Crippen LogP contribution in [-0.2, 0) is 4.79 Å². The third kappa shape index (κ3) is 3.84. The van der Waals surface area contributed by atoms with Crippen LogP contribution in [0.1, 0.15) is 6.92 Å². The van der Waals surface area contributed by atoms with Gasteiger partial charge in [0.2, 0.25) is 5.95 Å². The van der Waals surface area contributed by atoms with Gasteiger partial charge in [-0.1, -0.05) is 23.2 Å². The lowest BCUT2D eigenvalue weighted by Gasteiger charge is -2.14. The number of aromatic nitrogens is 3. The average Bonchev–Trinajstić information content (AvgIpc) is 2.80. The Bertz CT molecular complexity index is 554. The minimum Gasteiger partial charge on any atom is -0.481 e. The second-order valence-electron chi connectivity index (χ2n) is 3.69. The van der Waals surface area contributed by atoms with Crippen LogP contribution in [0.15, 0.2) is 24.5 Å². The molecule has 1 aromatic heterocycles. The van der Waals surface area contributed by atoms with Crippen LogP contribution in [0.2, 0.25) is 10.0 Å². The minimum absolute atomic E-state index is 0.254. The molecule has 2 aromatic rings. The van der Waals surface area contributed by atoms with Crippen molar-refractivity contribution >= 4 is 35.1 Å². The van der Waals surface area contributed by atoms with Crippen LogP contribution in [0.3, 0.4) is 0 Å². The zero-order valence-electron chi connectivity index (χ0n) is 9.85. The van der Waals surface area contributed by atoms with Crippen LogP contribution in [0.25, 0.3) is 0 Å². The molecule has 1 heterocycles. The highest BCUT2D eigenvalue weighted by molar-refractivity contribution is 6.34. The van der Waals surface area contributed by atoms with E-state index in [-0.39, 0.29) is 11.9 Å². The van der Waals surface area contributed by atoms with Crippen molar-refractivity contribution in [1.29, 1.82) is 0 Å². The lowest BCUT2D eigenvalue weighted by atomic mass is 10.3. The molecule has 1 aromatic carbocycles. The first-order chi connectivity index (χ1) is 9.04. The number of H-pyrrole nitrogens is 1. The van der Waals surface area contributed by atoms with Crippen molar-refractivity contribution in [2.24, 2.45) is 0 Å². The van der Waals surface area contributed by atoms with Gasteiger partial charge in [-0.15, -0.1) is 0 Å². The van der Waals surface area contributed by atoms with E-state index in [1.165, 1.54) is 6.33 Å². The molecule has 8 heteroatoms. The SMILES string of the molecule is CC(Oc1cc(Cl)cc(Cl)c1)C(=O)Nc1ncn[nH]1. The molecule has 2 rings (SSSR count). The van der Waals surface area contributed by atoms with Crippen LogP contribution in [-0.4, -0.2) is 27.2 Å². The second-order valence-corrected chi connectivity index (χ2v) is 4.56. The smallest absolute Gasteiger partial charge is 0.267 e. The van der Waals surface area contributed by atoms with Gasteiger partial charge in [0.1, 0.15) is 12.1 Å². The van der Waals surface area contributed by atoms with Gasteiger partial charge in [0.25, 0.3) is 5.91 Å². The van der Waals surface area contributed by atoms with Gasteiger partial charge in [-0.3, -0.25) is 10.1 Å². The number of nitrogens with zero attached hydrogens (tertiary/aromatic N) is 2. The summed E-state index contributed by atoms with van der Waals surface area (Å²) in [7, 11) is 0. The molecule has 1 unspecified atom stereocenters. The number of anilines is 1. The summed E-state index contributed by atoms with van der Waals surface area (Å²) in [6.45, 7) is 1.60. The quantitative estimate of drug-likeness (QED) is 0.909. The Hall–Kier alpha value is -1.79. The number of nitrogens with one attached hydrogen (secondary N) is 2. The number of carbonyl (C=O) groups excluding carboxylic acids is 1. The third-order valence-electron chi connectivity index (χ3n) is 2.17. The van der Waals surface area contributed by atoms with Crippen molar-refractivity contribution in [2.45, 2.75) is 13.0 Å². The summed E-state index contributed by atoms with van der Waals surface area (Å²) >= 11 is 11.7. The zero-order valence-corrected chi connectivity index (χ0v) is 11.4. The van der Waals surface area contributed by atoms with Crippen molar-refractivity contribution in [3.05, 3.63) is 34.6 Å². The largest absolute Gasteiger partial charge is 0.481 e. The zero-order chi connectivity index (χ0) is 13.8. The molecular weight excluding hydrogens is 291 g/mol. The van der Waals surface area contributed by atoms with E-state index in [2.05, 4.69) is 20.5 Å². The molecule has 6 nitrogen and oxygen atoms in total. The molecule has 1 atom stereocenters. The molecule has 2 N–H and O–H groups in total. The van der Waals surface area contributed by atoms with Gasteiger partial charge in [-0.25, -0.2) is 5.10 Å². The maximum Gasteiger partial charge on any atom is 0.267 e. The Kier molecular flexibility index (Phi) is 4.24. The summed E-state index contributed by atoms with van der Waals surface area (Å²) in [5, 5.41) is 9.51. The summed E-state index contributed by atoms with van der Waals surface area (Å²) in [6, 6.07) is 4.73. The van der Waals surface area contributed by atoms with E-state index >= 15 is 0 Å². The molecule has 0 bridgehead atoms. The molecule has 1 amide bonds. The first-order valence-corrected chi connectivity index (χ1v) is 6.09. The maximum atomic E-state index is 11.8. The number of aromatic amines is 1. The summed E-state index contributed by atoms with van der Waals surface area (Å²) in [4.78, 5) is 15.6. The molecule has 0 saturated heterocycles. The standard InChI is InChI=1S/C11H10Cl2N4O2/c1-6(10(18)16-11-14-5-15-17-11)19-9-3-7(12)2-8(13)4-9/h2-6H,1H3,(H2,14,15,16,17,18). The molecular formula is C11H10Cl2N4O2. The fraction of sp³-hybridized carbons (Fsp3) is 0.182. The lowest BCUT2D eigenvalue weighted by molar-refractivity contribution is -0.122. The van der Waals surface area contributed by atoms with E-state index < -0.39 is 6.10 Å². The Balaban J connectivity index is 2.00. The van der Waals surface area contributed by atoms with E-state index in [0.717, 1.165) is 0 Å². The fourth-order valence-electron chi connectivity index (χ4n) is 1.34. The summed E-state index contributed by atoms with van der Waals surface area (Å²) in [5.41, 5.74) is 0. The van der Waals surface area contributed by atoms with Crippen molar-refractivity contribution in [3.63, 3.8) is 0 Å². The van der Waals surface area contributed by atoms with Gasteiger partial charge < -0.3 is 4.74 Å². The average molecular weight is 301 g/mol. The second kappa shape index (κ2) is 5.90. The first-order valence-electron chi connectivity index (χ1n) is 5.33. The van der Waals surface area contributed by atoms with E-state index in [1.807, 2.05) is 0 Å². The number of hydrogen-bond donors (Lipinski definition) is 2. The molecule has 0 aliphatic rings. The Morgan fingerprint density at radius 3 is 2.63 bits per heavy atom. The molecule has 100 valence electrons. The Labute approximate surface area is 119 Å². The van der Waals surface area contributed by atoms with Crippen LogP contribution in [0.4, 0.5) is 5.95 Å². The summed E-state index contributed by atoms with van der Waals surface area (Å²) in [6.07, 6.45) is 0.553. The highest BCUT2D eigenvalue weighted by Crippen LogP contribution is 2.25. The van der Waals surface area contributed by atoms with Gasteiger partial charge in [0.15, 0.2) is 6.10 Å². The van der Waals surface area contributed by atoms with E-state index in [0.29, 0.717) is 15.8 Å². The van der Waals surface area contributed by atoms with E-state index in [1.54, 1.807) is 25.1 Å². The molecule has 0 radical (unpaired) electrons. The highest BCUT2D eigenvalue weighted by Gasteiger charge is 2.16. The minimum atomic E-state index is -0.736. The van der Waals surface area contributed by atoms with Crippen LogP contribution in [0, 0.1) is 0 Å². The lowest BCUT2D eigenvalue weighted by Crippen LogP contribution is -2.30. The highest BCUT2D eigenvalue weighted by atomic mass is 35.5. The summed E-state index contributed by atoms with van der Waals surface area (Å²) < 4.78 is 5.44. The third-order valence-corrected chi connectivity index (χ3v) is 2.61. The molecule has 0 aliphatic heterocycles. The molecule has 0 aliphatic carbocycles. The Morgan fingerprint density at radius 2 is 2.05 bits per heavy atom. The number of rotatable bonds is 4. The van der Waals surface area contributed by atoms with Gasteiger partial charge in [0.05, 0.1) is 0 Å². The maximum absolute atomic E-state index is 11.8. The van der Waals surface area contributed by atoms with Crippen LogP contribution in [0.5, 0.6) is 5.75 Å². The van der Waals surface area contributed by atoms with Crippen LogP contribution >= 0.6 is 23.2 Å². The van der Waals surface area contributed by atoms with Crippen LogP contribution < -0.4 is 10.1 Å². The monoisotopic (exact) mass is 300 g/mol. The van der Waals surface area contributed by atoms with Crippen molar-refractivity contribution < 1.29 is 9.53 Å². The Morgan fingerprint density at radius 1 is 1.37 bits per heavy atom. The normalized spacial score (nSPS) is 11.9. The number of amides is 1. The number of hydrogen-bond acceptors (Lipinski definition) is 4. The number of ether oxygens (including phenoxy) is 1. The summed E-state index contributed by atoms with van der Waals surface area (Å²) in [5.74, 6) is 0.301. The molecule has 0 spiro atoms. The molecule has 0 fully saturated rings. The van der Waals surface area contributed by atoms with Gasteiger partial charge >= 0.3 is 0 Å². The number of halogens is 2. The predicted molar refractivity (Wildman–Crippen MR) is 71.6 cm³/mol. The van der Waals surface area contributed by atoms with Gasteiger partial charge in [-0.05, 0) is 25.1 Å². The fourth-order valence-corrected chi connectivity index (χ4v) is 1.84. The van der Waals surface area contributed by atoms with Crippen molar-refractivity contribution in [1.82, 2.24) is 15.2 Å². The van der Waals surface area contributed by atoms with Crippen molar-refractivity contribution in [3.8, 4) is 5.75 Å². The van der Waals surface area contributed by atoms with E-state index in [9.17, 15) is 4.79 Å². The van der Waals surface area contributed by atoms with Gasteiger partial charge in [0, 0.05) is 10.0 Å².